The van der Waals surface area contributed by atoms with E-state index in [1.165, 1.54) is 17.9 Å². The Morgan fingerprint density at radius 3 is 2.63 bits per heavy atom. The van der Waals surface area contributed by atoms with Crippen molar-refractivity contribution in [1.82, 2.24) is 20.2 Å². The molecule has 1 aliphatic rings. The summed E-state index contributed by atoms with van der Waals surface area (Å²) in [6, 6.07) is 6.59. The number of carbonyl (C=O) groups is 4. The number of nitrogens with one attached hydrogen (secondary N) is 2. The molecule has 11 heteroatoms. The van der Waals surface area contributed by atoms with Gasteiger partial charge in [-0.1, -0.05) is 18.2 Å². The van der Waals surface area contributed by atoms with Crippen LogP contribution in [0.1, 0.15) is 42.4 Å². The Morgan fingerprint density at radius 2 is 1.94 bits per heavy atom. The van der Waals surface area contributed by atoms with E-state index >= 15 is 0 Å². The molecule has 0 saturated carbocycles. The Morgan fingerprint density at radius 1 is 1.20 bits per heavy atom. The number of rotatable bonds is 8. The topological polar surface area (TPSA) is 173 Å². The van der Waals surface area contributed by atoms with Crippen molar-refractivity contribution in [2.75, 3.05) is 6.54 Å². The van der Waals surface area contributed by atoms with Crippen LogP contribution in [0.25, 0.3) is 21.8 Å². The van der Waals surface area contributed by atoms with E-state index in [9.17, 15) is 34.5 Å². The number of hydrogen-bond acceptors (Lipinski definition) is 6. The number of benzene rings is 1. The predicted molar refractivity (Wildman–Crippen MR) is 125 cm³/mol. The number of aromatic nitrogens is 2. The Balaban J connectivity index is 1.67. The molecule has 3 aromatic rings. The second kappa shape index (κ2) is 9.71. The van der Waals surface area contributed by atoms with Gasteiger partial charge in [0.1, 0.15) is 11.7 Å². The monoisotopic (exact) mass is 482 g/mol. The lowest BCUT2D eigenvalue weighted by molar-refractivity contribution is -0.148. The molecule has 0 bridgehead atoms. The van der Waals surface area contributed by atoms with E-state index in [0.717, 1.165) is 10.9 Å². The number of carbonyl (C=O) groups excluding carboxylic acids is 2. The standard InChI is InChI=1S/C24H26N4O7/c1-12(29)20(24(34)35)27-22(31)17-11-14-13-5-2-3-6-15(13)26-21(14)16(25-17)8-9-19(30)28-10-4-7-18(28)23(32)33/h2-3,5-6,11-12,18,20,26,29H,4,7-10H2,1H3,(H,27,31)(H,32,33)(H,34,35)/t12-,18-,20-/m0/s1. The number of fused-ring (bicyclic) bond motifs is 3. The minimum atomic E-state index is -1.52. The van der Waals surface area contributed by atoms with Crippen molar-refractivity contribution < 1.29 is 34.5 Å². The number of aliphatic hydroxyl groups excluding tert-OH is 1. The fourth-order valence-electron chi connectivity index (χ4n) is 4.50. The number of likely N-dealkylation sites (tertiary alicyclic amines) is 1. The molecule has 0 radical (unpaired) electrons. The third-order valence-corrected chi connectivity index (χ3v) is 6.27. The van der Waals surface area contributed by atoms with Crippen LogP contribution >= 0.6 is 0 Å². The Bertz CT molecular complexity index is 1320. The summed E-state index contributed by atoms with van der Waals surface area (Å²) >= 11 is 0. The molecule has 0 aliphatic carbocycles. The van der Waals surface area contributed by atoms with Crippen molar-refractivity contribution in [2.45, 2.75) is 50.8 Å². The summed E-state index contributed by atoms with van der Waals surface area (Å²) in [4.78, 5) is 57.6. The van der Waals surface area contributed by atoms with Crippen LogP contribution in [-0.2, 0) is 20.8 Å². The fraction of sp³-hybridized carbons (Fsp3) is 0.375. The first kappa shape index (κ1) is 24.1. The van der Waals surface area contributed by atoms with Crippen molar-refractivity contribution >= 4 is 45.6 Å². The molecule has 1 fully saturated rings. The van der Waals surface area contributed by atoms with Gasteiger partial charge < -0.3 is 30.5 Å². The third kappa shape index (κ3) is 4.80. The zero-order valence-corrected chi connectivity index (χ0v) is 19.0. The number of nitrogens with zero attached hydrogens (tertiary/aromatic N) is 2. The molecule has 1 aromatic carbocycles. The number of pyridine rings is 1. The molecule has 1 saturated heterocycles. The lowest BCUT2D eigenvalue weighted by atomic mass is 10.1. The molecular formula is C24H26N4O7. The van der Waals surface area contributed by atoms with Crippen LogP contribution in [0.15, 0.2) is 30.3 Å². The molecule has 2 amide bonds. The third-order valence-electron chi connectivity index (χ3n) is 6.27. The molecule has 35 heavy (non-hydrogen) atoms. The summed E-state index contributed by atoms with van der Waals surface area (Å²) in [5, 5.41) is 32.2. The van der Waals surface area contributed by atoms with Gasteiger partial charge in [0, 0.05) is 35.7 Å². The first-order valence-corrected chi connectivity index (χ1v) is 11.3. The van der Waals surface area contributed by atoms with Gasteiger partial charge in [0.25, 0.3) is 5.91 Å². The maximum atomic E-state index is 12.9. The van der Waals surface area contributed by atoms with Gasteiger partial charge in [-0.3, -0.25) is 9.59 Å². The van der Waals surface area contributed by atoms with E-state index in [1.54, 1.807) is 0 Å². The van der Waals surface area contributed by atoms with Crippen LogP contribution in [0.4, 0.5) is 0 Å². The Hall–Kier alpha value is -3.99. The number of hydrogen-bond donors (Lipinski definition) is 5. The number of aliphatic hydroxyl groups is 1. The molecule has 5 N–H and O–H groups in total. The molecule has 11 nitrogen and oxygen atoms in total. The summed E-state index contributed by atoms with van der Waals surface area (Å²) in [5.41, 5.74) is 1.80. The van der Waals surface area contributed by atoms with Gasteiger partial charge in [0.05, 0.1) is 17.3 Å². The Labute approximate surface area is 199 Å². The molecule has 0 unspecified atom stereocenters. The highest BCUT2D eigenvalue weighted by Crippen LogP contribution is 2.29. The maximum absolute atomic E-state index is 12.9. The van der Waals surface area contributed by atoms with Crippen molar-refractivity contribution in [3.05, 3.63) is 41.7 Å². The summed E-state index contributed by atoms with van der Waals surface area (Å²) in [7, 11) is 0. The summed E-state index contributed by atoms with van der Waals surface area (Å²) in [5.74, 6) is -3.50. The highest BCUT2D eigenvalue weighted by Gasteiger charge is 2.34. The van der Waals surface area contributed by atoms with Crippen LogP contribution < -0.4 is 5.32 Å². The number of carboxylic acid groups (broad SMARTS) is 2. The van der Waals surface area contributed by atoms with Crippen molar-refractivity contribution in [3.63, 3.8) is 0 Å². The van der Waals surface area contributed by atoms with Gasteiger partial charge in [-0.2, -0.15) is 0 Å². The SMILES string of the molecule is C[C@H](O)[C@H](NC(=O)c1cc2c([nH]c3ccccc32)c(CCC(=O)N2CCC[C@H]2C(=O)O)n1)C(=O)O. The highest BCUT2D eigenvalue weighted by atomic mass is 16.4. The van der Waals surface area contributed by atoms with E-state index in [1.807, 2.05) is 24.3 Å². The summed E-state index contributed by atoms with van der Waals surface area (Å²) < 4.78 is 0. The van der Waals surface area contributed by atoms with E-state index in [4.69, 9.17) is 0 Å². The number of aliphatic carboxylic acids is 2. The Kier molecular flexibility index (Phi) is 6.70. The summed E-state index contributed by atoms with van der Waals surface area (Å²) in [6.45, 7) is 1.64. The molecular weight excluding hydrogens is 456 g/mol. The minimum absolute atomic E-state index is 0.00224. The number of aromatic amines is 1. The first-order valence-electron chi connectivity index (χ1n) is 11.3. The highest BCUT2D eigenvalue weighted by molar-refractivity contribution is 6.10. The number of amides is 2. The zero-order chi connectivity index (χ0) is 25.3. The van der Waals surface area contributed by atoms with Crippen LogP contribution in [0, 0.1) is 0 Å². The molecule has 2 aromatic heterocycles. The number of para-hydroxylation sites is 1. The first-order chi connectivity index (χ1) is 16.7. The van der Waals surface area contributed by atoms with Crippen LogP contribution in [0.2, 0.25) is 0 Å². The second-order valence-corrected chi connectivity index (χ2v) is 8.66. The van der Waals surface area contributed by atoms with Crippen LogP contribution in [-0.4, -0.2) is 78.7 Å². The fourth-order valence-corrected chi connectivity index (χ4v) is 4.50. The van der Waals surface area contributed by atoms with E-state index < -0.39 is 36.0 Å². The number of H-pyrrole nitrogens is 1. The molecule has 3 heterocycles. The quantitative estimate of drug-likeness (QED) is 0.319. The largest absolute Gasteiger partial charge is 0.480 e. The molecule has 184 valence electrons. The second-order valence-electron chi connectivity index (χ2n) is 8.66. The van der Waals surface area contributed by atoms with Gasteiger partial charge in [-0.05, 0) is 31.9 Å². The van der Waals surface area contributed by atoms with Gasteiger partial charge in [0.2, 0.25) is 5.91 Å². The maximum Gasteiger partial charge on any atom is 0.328 e. The lowest BCUT2D eigenvalue weighted by Gasteiger charge is -2.21. The lowest BCUT2D eigenvalue weighted by Crippen LogP contribution is -2.47. The van der Waals surface area contributed by atoms with Crippen LogP contribution in [0.5, 0.6) is 0 Å². The molecule has 3 atom stereocenters. The normalized spacial score (nSPS) is 17.4. The van der Waals surface area contributed by atoms with Gasteiger partial charge >= 0.3 is 11.9 Å². The molecule has 4 rings (SSSR count). The molecule has 0 spiro atoms. The summed E-state index contributed by atoms with van der Waals surface area (Å²) in [6.07, 6.45) is -0.151. The van der Waals surface area contributed by atoms with Crippen molar-refractivity contribution in [2.24, 2.45) is 0 Å². The van der Waals surface area contributed by atoms with Gasteiger partial charge in [0.15, 0.2) is 6.04 Å². The van der Waals surface area contributed by atoms with E-state index in [0.29, 0.717) is 36.0 Å². The van der Waals surface area contributed by atoms with Crippen LogP contribution in [0.3, 0.4) is 0 Å². The van der Waals surface area contributed by atoms with E-state index in [2.05, 4.69) is 15.3 Å². The predicted octanol–water partition coefficient (Wildman–Crippen LogP) is 1.29. The average molecular weight is 482 g/mol. The minimum Gasteiger partial charge on any atom is -0.480 e. The number of carboxylic acids is 2. The van der Waals surface area contributed by atoms with Gasteiger partial charge in [-0.25, -0.2) is 14.6 Å². The van der Waals surface area contributed by atoms with E-state index in [-0.39, 0.29) is 24.4 Å². The van der Waals surface area contributed by atoms with Crippen molar-refractivity contribution in [1.29, 1.82) is 0 Å². The zero-order valence-electron chi connectivity index (χ0n) is 19.0. The average Bonchev–Trinajstić information content (AvgIpc) is 3.45. The van der Waals surface area contributed by atoms with Crippen molar-refractivity contribution in [3.8, 4) is 0 Å². The number of aryl methyl sites for hydroxylation is 1. The van der Waals surface area contributed by atoms with Gasteiger partial charge in [-0.15, -0.1) is 0 Å². The molecule has 1 aliphatic heterocycles. The smallest absolute Gasteiger partial charge is 0.328 e.